The van der Waals surface area contributed by atoms with E-state index in [-0.39, 0.29) is 5.91 Å². The largest absolute Gasteiger partial charge is 0.462 e. The van der Waals surface area contributed by atoms with E-state index < -0.39 is 5.79 Å². The van der Waals surface area contributed by atoms with E-state index >= 15 is 0 Å². The molecule has 1 aromatic carbocycles. The molecule has 1 amide bonds. The zero-order valence-corrected chi connectivity index (χ0v) is 15.9. The van der Waals surface area contributed by atoms with Crippen molar-refractivity contribution in [3.63, 3.8) is 0 Å². The minimum atomic E-state index is -0.455. The summed E-state index contributed by atoms with van der Waals surface area (Å²) in [7, 11) is 1.71. The van der Waals surface area contributed by atoms with Crippen LogP contribution in [-0.2, 0) is 16.1 Å². The van der Waals surface area contributed by atoms with Gasteiger partial charge in [0.05, 0.1) is 12.3 Å². The average Bonchev–Trinajstić information content (AvgIpc) is 2.64. The fraction of sp³-hybridized carbons (Fsp3) is 0.619. The van der Waals surface area contributed by atoms with E-state index in [9.17, 15) is 4.79 Å². The van der Waals surface area contributed by atoms with E-state index in [1.165, 1.54) is 24.3 Å². The van der Waals surface area contributed by atoms with Crippen LogP contribution in [0.3, 0.4) is 0 Å². The van der Waals surface area contributed by atoms with E-state index in [0.29, 0.717) is 19.4 Å². The Hall–Kier alpha value is -1.92. The number of hydrogen-bond donors (Lipinski definition) is 0. The van der Waals surface area contributed by atoms with Crippen molar-refractivity contribution in [2.75, 3.05) is 20.1 Å². The fourth-order valence-electron chi connectivity index (χ4n) is 4.51. The fourth-order valence-corrected chi connectivity index (χ4v) is 4.51. The maximum absolute atomic E-state index is 11.6. The molecule has 144 valence electrons. The quantitative estimate of drug-likeness (QED) is 0.804. The number of hydrazone groups is 1. The molecule has 27 heavy (non-hydrogen) atoms. The lowest BCUT2D eigenvalue weighted by Gasteiger charge is -2.47. The number of rotatable bonds is 2. The van der Waals surface area contributed by atoms with Crippen LogP contribution in [0.1, 0.15) is 56.1 Å². The van der Waals surface area contributed by atoms with Crippen molar-refractivity contribution in [3.05, 3.63) is 29.3 Å². The zero-order chi connectivity index (χ0) is 18.4. The van der Waals surface area contributed by atoms with Gasteiger partial charge in [-0.2, -0.15) is 5.10 Å². The van der Waals surface area contributed by atoms with E-state index in [4.69, 9.17) is 9.47 Å². The molecular formula is C21H27N3O3. The average molecular weight is 369 g/mol. The Labute approximate surface area is 160 Å². The number of nitrogens with zero attached hydrogens (tertiary/aromatic N) is 3. The summed E-state index contributed by atoms with van der Waals surface area (Å²) in [5.41, 5.74) is 3.08. The molecule has 1 aromatic rings. The van der Waals surface area contributed by atoms with Gasteiger partial charge in [0, 0.05) is 57.4 Å². The maximum Gasteiger partial charge on any atom is 0.242 e. The number of fused-ring (bicyclic) bond motifs is 1. The molecule has 3 aliphatic heterocycles. The zero-order valence-electron chi connectivity index (χ0n) is 15.9. The van der Waals surface area contributed by atoms with Crippen LogP contribution in [0, 0.1) is 0 Å². The number of amides is 1. The van der Waals surface area contributed by atoms with Gasteiger partial charge < -0.3 is 9.47 Å². The number of carbonyl (C=O) groups excluding carboxylic acids is 1. The molecule has 2 fully saturated rings. The molecule has 0 aromatic heterocycles. The van der Waals surface area contributed by atoms with Crippen LogP contribution in [-0.4, -0.2) is 53.5 Å². The van der Waals surface area contributed by atoms with Gasteiger partial charge in [-0.25, -0.2) is 5.01 Å². The highest BCUT2D eigenvalue weighted by molar-refractivity contribution is 6.04. The topological polar surface area (TPSA) is 54.4 Å². The van der Waals surface area contributed by atoms with E-state index in [1.54, 1.807) is 7.05 Å². The Morgan fingerprint density at radius 3 is 2.70 bits per heavy atom. The first-order valence-corrected chi connectivity index (χ1v) is 10.2. The highest BCUT2D eigenvalue weighted by atomic mass is 16.7. The summed E-state index contributed by atoms with van der Waals surface area (Å²) >= 11 is 0. The number of hydrogen-bond acceptors (Lipinski definition) is 5. The lowest BCUT2D eigenvalue weighted by molar-refractivity contribution is -0.231. The molecule has 4 aliphatic rings. The first-order valence-electron chi connectivity index (χ1n) is 10.2. The van der Waals surface area contributed by atoms with Gasteiger partial charge >= 0.3 is 0 Å². The molecule has 3 heterocycles. The van der Waals surface area contributed by atoms with Gasteiger partial charge in [-0.3, -0.25) is 9.69 Å². The van der Waals surface area contributed by atoms with E-state index in [0.717, 1.165) is 54.6 Å². The minimum Gasteiger partial charge on any atom is -0.462 e. The number of carbonyl (C=O) groups is 1. The van der Waals surface area contributed by atoms with Crippen LogP contribution < -0.4 is 4.74 Å². The summed E-state index contributed by atoms with van der Waals surface area (Å²) in [6.07, 6.45) is 7.15. The van der Waals surface area contributed by atoms with Crippen molar-refractivity contribution in [2.45, 2.75) is 63.4 Å². The van der Waals surface area contributed by atoms with Gasteiger partial charge in [-0.1, -0.05) is 6.42 Å². The van der Waals surface area contributed by atoms with Crippen LogP contribution >= 0.6 is 0 Å². The predicted molar refractivity (Wildman–Crippen MR) is 102 cm³/mol. The highest BCUT2D eigenvalue weighted by Crippen LogP contribution is 2.39. The normalized spacial score (nSPS) is 25.6. The molecule has 0 radical (unpaired) electrons. The Morgan fingerprint density at radius 2 is 2.00 bits per heavy atom. The second-order valence-corrected chi connectivity index (χ2v) is 8.21. The van der Waals surface area contributed by atoms with Crippen molar-refractivity contribution in [2.24, 2.45) is 5.10 Å². The van der Waals surface area contributed by atoms with Crippen molar-refractivity contribution in [1.29, 1.82) is 0 Å². The SMILES string of the molecule is CN1N=C(c2ccc3c(c2)COC2(CCN(C4CCC4)CC2)O3)CCC1=O. The van der Waals surface area contributed by atoms with Crippen LogP contribution in [0.15, 0.2) is 23.3 Å². The van der Waals surface area contributed by atoms with Gasteiger partial charge in [0.15, 0.2) is 0 Å². The third-order valence-corrected chi connectivity index (χ3v) is 6.54. The monoisotopic (exact) mass is 369 g/mol. The van der Waals surface area contributed by atoms with Gasteiger partial charge in [0.2, 0.25) is 11.7 Å². The highest BCUT2D eigenvalue weighted by Gasteiger charge is 2.42. The second-order valence-electron chi connectivity index (χ2n) is 8.21. The predicted octanol–water partition coefficient (Wildman–Crippen LogP) is 2.90. The molecule has 1 aliphatic carbocycles. The summed E-state index contributed by atoms with van der Waals surface area (Å²) in [6, 6.07) is 7.01. The van der Waals surface area contributed by atoms with Crippen LogP contribution in [0.4, 0.5) is 0 Å². The van der Waals surface area contributed by atoms with Crippen molar-refractivity contribution in [1.82, 2.24) is 9.91 Å². The molecule has 0 bridgehead atoms. The summed E-state index contributed by atoms with van der Waals surface area (Å²) in [5, 5.41) is 5.86. The Morgan fingerprint density at radius 1 is 1.19 bits per heavy atom. The van der Waals surface area contributed by atoms with Crippen LogP contribution in [0.2, 0.25) is 0 Å². The minimum absolute atomic E-state index is 0.0681. The molecule has 6 heteroatoms. The number of likely N-dealkylation sites (tertiary alicyclic amines) is 1. The maximum atomic E-state index is 11.6. The molecular weight excluding hydrogens is 342 g/mol. The summed E-state index contributed by atoms with van der Waals surface area (Å²) in [6.45, 7) is 2.71. The van der Waals surface area contributed by atoms with Crippen molar-refractivity contribution in [3.8, 4) is 5.75 Å². The smallest absolute Gasteiger partial charge is 0.242 e. The van der Waals surface area contributed by atoms with Crippen molar-refractivity contribution >= 4 is 11.6 Å². The molecule has 0 atom stereocenters. The van der Waals surface area contributed by atoms with Crippen LogP contribution in [0.25, 0.3) is 0 Å². The number of piperidine rings is 1. The lowest BCUT2D eigenvalue weighted by Crippen LogP contribution is -2.54. The van der Waals surface area contributed by atoms with E-state index in [2.05, 4.69) is 22.1 Å². The summed E-state index contributed by atoms with van der Waals surface area (Å²) < 4.78 is 12.6. The first kappa shape index (κ1) is 17.2. The van der Waals surface area contributed by atoms with Crippen LogP contribution in [0.5, 0.6) is 5.75 Å². The lowest BCUT2D eigenvalue weighted by atomic mass is 9.89. The molecule has 5 rings (SSSR count). The molecule has 1 spiro atoms. The molecule has 1 saturated carbocycles. The Balaban J connectivity index is 1.30. The first-order chi connectivity index (χ1) is 13.1. The third kappa shape index (κ3) is 3.15. The molecule has 0 unspecified atom stereocenters. The third-order valence-electron chi connectivity index (χ3n) is 6.54. The standard InChI is InChI=1S/C21H27N3O3/c1-23-20(25)8-6-18(22-23)15-5-7-19-16(13-15)14-26-21(27-19)9-11-24(12-10-21)17-3-2-4-17/h5,7,13,17H,2-4,6,8-12,14H2,1H3. The molecule has 1 saturated heterocycles. The van der Waals surface area contributed by atoms with Crippen molar-refractivity contribution < 1.29 is 14.3 Å². The Bertz CT molecular complexity index is 779. The number of benzene rings is 1. The summed E-state index contributed by atoms with van der Waals surface area (Å²) in [5.74, 6) is 0.547. The van der Waals surface area contributed by atoms with Gasteiger partial charge in [0.25, 0.3) is 0 Å². The summed E-state index contributed by atoms with van der Waals surface area (Å²) in [4.78, 5) is 14.2. The second kappa shape index (κ2) is 6.60. The number of ether oxygens (including phenoxy) is 2. The van der Waals surface area contributed by atoms with Gasteiger partial charge in [-0.15, -0.1) is 0 Å². The van der Waals surface area contributed by atoms with Gasteiger partial charge in [-0.05, 0) is 36.6 Å². The van der Waals surface area contributed by atoms with E-state index in [1.807, 2.05) is 6.07 Å². The Kier molecular flexibility index (Phi) is 4.20. The molecule has 0 N–H and O–H groups in total. The van der Waals surface area contributed by atoms with Gasteiger partial charge in [0.1, 0.15) is 5.75 Å². The molecule has 6 nitrogen and oxygen atoms in total.